The number of nitrogens with one attached hydrogen (secondary N) is 1. The molecule has 9 heteroatoms. The first-order valence-electron chi connectivity index (χ1n) is 12.4. The van der Waals surface area contributed by atoms with E-state index in [0.29, 0.717) is 16.6 Å². The number of nitrogens with zero attached hydrogens (tertiary/aromatic N) is 4. The molecule has 192 valence electrons. The monoisotopic (exact) mass is 509 g/mol. The van der Waals surface area contributed by atoms with Crippen LogP contribution in [-0.4, -0.2) is 47.2 Å². The van der Waals surface area contributed by atoms with Crippen molar-refractivity contribution in [1.29, 1.82) is 0 Å². The lowest BCUT2D eigenvalue weighted by Crippen LogP contribution is -2.37. The van der Waals surface area contributed by atoms with E-state index < -0.39 is 12.0 Å². The minimum Gasteiger partial charge on any atom is -0.465 e. The van der Waals surface area contributed by atoms with Gasteiger partial charge in [0.1, 0.15) is 0 Å². The molecule has 3 aromatic rings. The molecule has 1 aromatic carbocycles. The summed E-state index contributed by atoms with van der Waals surface area (Å²) in [5, 5.41) is 11.6. The molecule has 0 radical (unpaired) electrons. The van der Waals surface area contributed by atoms with Gasteiger partial charge in [-0.05, 0) is 55.5 Å². The summed E-state index contributed by atoms with van der Waals surface area (Å²) in [5.41, 5.74) is 3.29. The van der Waals surface area contributed by atoms with Gasteiger partial charge in [-0.15, -0.1) is 0 Å². The molecule has 1 saturated heterocycles. The fourth-order valence-corrected chi connectivity index (χ4v) is 5.38. The SMILES string of the molecule is CC1CCN(c2nc(C(C)(C)C)ccc2N(C)C(=O)C(C)c2ccc3nc(NC(=O)O)sc3c2)CC1. The summed E-state index contributed by atoms with van der Waals surface area (Å²) >= 11 is 1.25. The fourth-order valence-electron chi connectivity index (χ4n) is 4.48. The summed E-state index contributed by atoms with van der Waals surface area (Å²) in [6, 6.07) is 9.70. The minimum atomic E-state index is -1.15. The van der Waals surface area contributed by atoms with Crippen molar-refractivity contribution in [1.82, 2.24) is 9.97 Å². The Bertz CT molecular complexity index is 1270. The van der Waals surface area contributed by atoms with Crippen LogP contribution in [0.4, 0.5) is 21.4 Å². The van der Waals surface area contributed by atoms with Crippen molar-refractivity contribution in [3.8, 4) is 0 Å². The molecule has 1 aliphatic rings. The third-order valence-electron chi connectivity index (χ3n) is 6.89. The summed E-state index contributed by atoms with van der Waals surface area (Å²) in [6.07, 6.45) is 1.08. The average Bonchev–Trinajstić information content (AvgIpc) is 3.23. The molecule has 2 N–H and O–H groups in total. The molecule has 1 atom stereocenters. The van der Waals surface area contributed by atoms with Crippen molar-refractivity contribution >= 4 is 50.2 Å². The van der Waals surface area contributed by atoms with Gasteiger partial charge >= 0.3 is 6.09 Å². The maximum absolute atomic E-state index is 13.7. The largest absolute Gasteiger partial charge is 0.465 e. The second-order valence-corrected chi connectivity index (χ2v) is 11.8. The van der Waals surface area contributed by atoms with E-state index in [1.54, 1.807) is 4.90 Å². The molecule has 0 aliphatic carbocycles. The highest BCUT2D eigenvalue weighted by Crippen LogP contribution is 2.35. The first-order valence-corrected chi connectivity index (χ1v) is 13.2. The number of thiazole rings is 1. The number of anilines is 3. The van der Waals surface area contributed by atoms with E-state index in [4.69, 9.17) is 10.1 Å². The molecule has 1 aliphatic heterocycles. The fraction of sp³-hybridized carbons (Fsp3) is 0.481. The number of carbonyl (C=O) groups is 2. The van der Waals surface area contributed by atoms with Crippen LogP contribution < -0.4 is 15.1 Å². The number of amides is 2. The molecular weight excluding hydrogens is 474 g/mol. The van der Waals surface area contributed by atoms with Gasteiger partial charge in [0.2, 0.25) is 5.91 Å². The number of carboxylic acid groups (broad SMARTS) is 1. The third kappa shape index (κ3) is 5.46. The molecule has 4 rings (SSSR count). The van der Waals surface area contributed by atoms with E-state index in [0.717, 1.165) is 53.4 Å². The first-order chi connectivity index (χ1) is 16.9. The van der Waals surface area contributed by atoms with Crippen LogP contribution in [0.25, 0.3) is 10.2 Å². The topological polar surface area (TPSA) is 98.7 Å². The highest BCUT2D eigenvalue weighted by molar-refractivity contribution is 7.22. The van der Waals surface area contributed by atoms with Crippen LogP contribution in [-0.2, 0) is 10.2 Å². The highest BCUT2D eigenvalue weighted by atomic mass is 32.1. The maximum Gasteiger partial charge on any atom is 0.410 e. The Morgan fingerprint density at radius 2 is 1.86 bits per heavy atom. The smallest absolute Gasteiger partial charge is 0.410 e. The Balaban J connectivity index is 1.63. The lowest BCUT2D eigenvalue weighted by Gasteiger charge is -2.35. The highest BCUT2D eigenvalue weighted by Gasteiger charge is 2.28. The van der Waals surface area contributed by atoms with E-state index in [1.165, 1.54) is 11.3 Å². The zero-order valence-electron chi connectivity index (χ0n) is 21.8. The Morgan fingerprint density at radius 3 is 2.50 bits per heavy atom. The second-order valence-electron chi connectivity index (χ2n) is 10.8. The van der Waals surface area contributed by atoms with Gasteiger partial charge in [-0.3, -0.25) is 10.1 Å². The zero-order chi connectivity index (χ0) is 26.2. The van der Waals surface area contributed by atoms with Crippen molar-refractivity contribution in [3.05, 3.63) is 41.6 Å². The van der Waals surface area contributed by atoms with Crippen LogP contribution in [0.2, 0.25) is 0 Å². The number of carbonyl (C=O) groups excluding carboxylic acids is 1. The van der Waals surface area contributed by atoms with Crippen LogP contribution in [0.5, 0.6) is 0 Å². The molecular formula is C27H35N5O3S. The van der Waals surface area contributed by atoms with Crippen molar-refractivity contribution in [2.24, 2.45) is 5.92 Å². The van der Waals surface area contributed by atoms with Crippen LogP contribution in [0.15, 0.2) is 30.3 Å². The number of piperidine rings is 1. The summed E-state index contributed by atoms with van der Waals surface area (Å²) in [6.45, 7) is 12.5. The minimum absolute atomic E-state index is 0.0281. The summed E-state index contributed by atoms with van der Waals surface area (Å²) in [7, 11) is 1.82. The van der Waals surface area contributed by atoms with Gasteiger partial charge in [-0.1, -0.05) is 45.1 Å². The van der Waals surface area contributed by atoms with Gasteiger partial charge < -0.3 is 14.9 Å². The zero-order valence-corrected chi connectivity index (χ0v) is 22.6. The number of benzene rings is 1. The predicted molar refractivity (Wildman–Crippen MR) is 147 cm³/mol. The van der Waals surface area contributed by atoms with E-state index in [-0.39, 0.29) is 11.3 Å². The van der Waals surface area contributed by atoms with Crippen LogP contribution in [0, 0.1) is 5.92 Å². The lowest BCUT2D eigenvalue weighted by atomic mass is 9.91. The molecule has 8 nitrogen and oxygen atoms in total. The number of likely N-dealkylation sites (N-methyl/N-ethyl adjacent to an activating group) is 1. The Morgan fingerprint density at radius 1 is 1.17 bits per heavy atom. The van der Waals surface area contributed by atoms with E-state index in [1.807, 2.05) is 44.3 Å². The Hall–Kier alpha value is -3.20. The van der Waals surface area contributed by atoms with Crippen LogP contribution in [0.3, 0.4) is 0 Å². The normalized spacial score (nSPS) is 15.7. The molecule has 0 spiro atoms. The Kier molecular flexibility index (Phi) is 7.22. The predicted octanol–water partition coefficient (Wildman–Crippen LogP) is 6.08. The van der Waals surface area contributed by atoms with E-state index >= 15 is 0 Å². The summed E-state index contributed by atoms with van der Waals surface area (Å²) in [4.78, 5) is 38.0. The summed E-state index contributed by atoms with van der Waals surface area (Å²) in [5.74, 6) is 1.15. The summed E-state index contributed by atoms with van der Waals surface area (Å²) < 4.78 is 0.831. The maximum atomic E-state index is 13.7. The van der Waals surface area contributed by atoms with Gasteiger partial charge in [0.15, 0.2) is 10.9 Å². The van der Waals surface area contributed by atoms with Gasteiger partial charge in [0, 0.05) is 31.2 Å². The van der Waals surface area contributed by atoms with Crippen molar-refractivity contribution in [2.75, 3.05) is 35.3 Å². The van der Waals surface area contributed by atoms with Gasteiger partial charge in [-0.2, -0.15) is 0 Å². The number of rotatable bonds is 5. The third-order valence-corrected chi connectivity index (χ3v) is 7.83. The molecule has 2 amide bonds. The second kappa shape index (κ2) is 10.0. The van der Waals surface area contributed by atoms with E-state index in [9.17, 15) is 9.59 Å². The molecule has 1 unspecified atom stereocenters. The van der Waals surface area contributed by atoms with Crippen LogP contribution in [0.1, 0.15) is 64.6 Å². The van der Waals surface area contributed by atoms with Gasteiger partial charge in [0.05, 0.1) is 21.8 Å². The number of hydrogen-bond acceptors (Lipinski definition) is 6. The quantitative estimate of drug-likeness (QED) is 0.432. The number of hydrogen-bond donors (Lipinski definition) is 2. The molecule has 2 aromatic heterocycles. The van der Waals surface area contributed by atoms with Crippen molar-refractivity contribution in [3.63, 3.8) is 0 Å². The van der Waals surface area contributed by atoms with Crippen molar-refractivity contribution in [2.45, 2.75) is 58.8 Å². The average molecular weight is 510 g/mol. The molecule has 36 heavy (non-hydrogen) atoms. The van der Waals surface area contributed by atoms with Gasteiger partial charge in [0.25, 0.3) is 0 Å². The molecule has 0 bridgehead atoms. The Labute approximate surface area is 216 Å². The van der Waals surface area contributed by atoms with E-state index in [2.05, 4.69) is 42.9 Å². The lowest BCUT2D eigenvalue weighted by molar-refractivity contribution is -0.119. The van der Waals surface area contributed by atoms with Gasteiger partial charge in [-0.25, -0.2) is 14.8 Å². The molecule has 1 fully saturated rings. The first kappa shape index (κ1) is 25.9. The molecule has 0 saturated carbocycles. The number of fused-ring (bicyclic) bond motifs is 1. The molecule has 3 heterocycles. The van der Waals surface area contributed by atoms with Crippen LogP contribution >= 0.6 is 11.3 Å². The standard InChI is InChI=1S/C27H35N5O3S/c1-16-11-13-32(14-12-16)23-20(9-10-22(29-23)27(3,4)5)31(6)24(33)17(2)18-7-8-19-21(15-18)36-25(28-19)30-26(34)35/h7-10,15-17H,11-14H2,1-6H3,(H,28,30)(H,34,35). The number of aromatic nitrogens is 2. The van der Waals surface area contributed by atoms with Crippen molar-refractivity contribution < 1.29 is 14.7 Å². The number of pyridine rings is 1.